The van der Waals surface area contributed by atoms with E-state index in [9.17, 15) is 0 Å². The van der Waals surface area contributed by atoms with Gasteiger partial charge in [0.15, 0.2) is 0 Å². The summed E-state index contributed by atoms with van der Waals surface area (Å²) in [5.74, 6) is 0.911. The second-order valence-electron chi connectivity index (χ2n) is 2.37. The highest BCUT2D eigenvalue weighted by atomic mass is 35.5. The molecule has 0 saturated heterocycles. The maximum Gasteiger partial charge on any atom is 0.150 e. The molecule has 0 aromatic carbocycles. The highest BCUT2D eigenvalue weighted by Crippen LogP contribution is 2.22. The number of aliphatic hydroxyl groups excluding tert-OH is 1. The van der Waals surface area contributed by atoms with Gasteiger partial charge in [-0.25, -0.2) is 4.98 Å². The van der Waals surface area contributed by atoms with Crippen molar-refractivity contribution in [3.8, 4) is 0 Å². The molecule has 0 spiro atoms. The molecule has 0 fully saturated rings. The number of aryl methyl sites for hydroxylation is 1. The molecule has 0 aliphatic carbocycles. The van der Waals surface area contributed by atoms with Crippen LogP contribution < -0.4 is 0 Å². The van der Waals surface area contributed by atoms with Gasteiger partial charge >= 0.3 is 0 Å². The number of thioether (sulfide) groups is 1. The van der Waals surface area contributed by atoms with Gasteiger partial charge < -0.3 is 5.11 Å². The van der Waals surface area contributed by atoms with Crippen LogP contribution >= 0.6 is 34.7 Å². The largest absolute Gasteiger partial charge is 0.391 e. The number of thiazole rings is 1. The minimum atomic E-state index is -0.430. The summed E-state index contributed by atoms with van der Waals surface area (Å²) in [6.07, 6.45) is -0.430. The number of nitrogens with zero attached hydrogens (tertiary/aromatic N) is 1. The number of aromatic nitrogens is 1. The first-order valence-electron chi connectivity index (χ1n) is 3.51. The predicted octanol–water partition coefficient (Wildman–Crippen LogP) is 2.14. The van der Waals surface area contributed by atoms with Gasteiger partial charge in [0.05, 0.1) is 6.10 Å². The molecule has 1 N–H and O–H groups in total. The van der Waals surface area contributed by atoms with Crippen LogP contribution in [0.4, 0.5) is 0 Å². The molecule has 0 radical (unpaired) electrons. The summed E-state index contributed by atoms with van der Waals surface area (Å²) >= 11 is 8.59. The van der Waals surface area contributed by atoms with Gasteiger partial charge in [0.25, 0.3) is 0 Å². The molecule has 1 aromatic heterocycles. The fourth-order valence-electron chi connectivity index (χ4n) is 0.611. The molecular formula is C7H10ClNOS2. The number of aliphatic hydroxyl groups is 1. The maximum atomic E-state index is 9.15. The molecule has 1 heterocycles. The zero-order valence-electron chi connectivity index (χ0n) is 6.66. The van der Waals surface area contributed by atoms with Gasteiger partial charge in [0.2, 0.25) is 0 Å². The van der Waals surface area contributed by atoms with Gasteiger partial charge in [-0.05, 0) is 6.92 Å². The quantitative estimate of drug-likeness (QED) is 0.627. The molecule has 1 aromatic rings. The Balaban J connectivity index is 2.33. The van der Waals surface area contributed by atoms with Crippen molar-refractivity contribution in [3.63, 3.8) is 0 Å². The van der Waals surface area contributed by atoms with E-state index in [0.717, 1.165) is 10.0 Å². The van der Waals surface area contributed by atoms with Gasteiger partial charge in [-0.2, -0.15) is 0 Å². The molecule has 0 amide bonds. The standard InChI is InChI=1S/C7H10ClNOS2/c1-5-3-11-7(9-5)12-4-6(10)2-8/h3,6,10H,2,4H2,1H3. The van der Waals surface area contributed by atoms with Crippen molar-refractivity contribution in [2.24, 2.45) is 0 Å². The fourth-order valence-corrected chi connectivity index (χ4v) is 2.65. The summed E-state index contributed by atoms with van der Waals surface area (Å²) in [5.41, 5.74) is 1.03. The van der Waals surface area contributed by atoms with Crippen molar-refractivity contribution in [2.75, 3.05) is 11.6 Å². The molecule has 1 rings (SSSR count). The van der Waals surface area contributed by atoms with E-state index in [1.807, 2.05) is 12.3 Å². The monoisotopic (exact) mass is 223 g/mol. The molecule has 1 unspecified atom stereocenters. The van der Waals surface area contributed by atoms with Gasteiger partial charge in [-0.1, -0.05) is 11.8 Å². The molecule has 68 valence electrons. The van der Waals surface area contributed by atoms with Gasteiger partial charge in [0, 0.05) is 22.7 Å². The molecule has 0 saturated carbocycles. The lowest BCUT2D eigenvalue weighted by Gasteiger charge is -2.02. The molecule has 5 heteroatoms. The van der Waals surface area contributed by atoms with E-state index < -0.39 is 6.10 Å². The van der Waals surface area contributed by atoms with E-state index >= 15 is 0 Å². The highest BCUT2D eigenvalue weighted by Gasteiger charge is 2.04. The first-order valence-corrected chi connectivity index (χ1v) is 5.91. The van der Waals surface area contributed by atoms with Crippen LogP contribution in [0, 0.1) is 6.92 Å². The van der Waals surface area contributed by atoms with E-state index in [0.29, 0.717) is 5.75 Å². The third kappa shape index (κ3) is 3.31. The van der Waals surface area contributed by atoms with Crippen LogP contribution in [-0.4, -0.2) is 27.8 Å². The van der Waals surface area contributed by atoms with E-state index in [-0.39, 0.29) is 5.88 Å². The average molecular weight is 224 g/mol. The molecule has 2 nitrogen and oxygen atoms in total. The summed E-state index contributed by atoms with van der Waals surface area (Å²) in [4.78, 5) is 4.24. The highest BCUT2D eigenvalue weighted by molar-refractivity contribution is 8.01. The van der Waals surface area contributed by atoms with Crippen molar-refractivity contribution in [1.82, 2.24) is 4.98 Å². The molecule has 12 heavy (non-hydrogen) atoms. The summed E-state index contributed by atoms with van der Waals surface area (Å²) in [6.45, 7) is 1.96. The predicted molar refractivity (Wildman–Crippen MR) is 54.3 cm³/mol. The lowest BCUT2D eigenvalue weighted by molar-refractivity contribution is 0.223. The summed E-state index contributed by atoms with van der Waals surface area (Å²) in [5, 5.41) is 11.1. The van der Waals surface area contributed by atoms with Gasteiger partial charge in [0.1, 0.15) is 4.34 Å². The van der Waals surface area contributed by atoms with Crippen LogP contribution in [0.25, 0.3) is 0 Å². The Morgan fingerprint density at radius 1 is 1.83 bits per heavy atom. The maximum absolute atomic E-state index is 9.15. The van der Waals surface area contributed by atoms with E-state index in [1.54, 1.807) is 23.1 Å². The zero-order valence-corrected chi connectivity index (χ0v) is 9.05. The van der Waals surface area contributed by atoms with Crippen LogP contribution in [0.2, 0.25) is 0 Å². The Morgan fingerprint density at radius 2 is 2.58 bits per heavy atom. The second kappa shape index (κ2) is 5.07. The Hall–Kier alpha value is 0.230. The lowest BCUT2D eigenvalue weighted by Crippen LogP contribution is -2.10. The summed E-state index contributed by atoms with van der Waals surface area (Å²) < 4.78 is 0.997. The SMILES string of the molecule is Cc1csc(SCC(O)CCl)n1. The van der Waals surface area contributed by atoms with Crippen LogP contribution in [0.5, 0.6) is 0 Å². The van der Waals surface area contributed by atoms with Gasteiger partial charge in [-0.3, -0.25) is 0 Å². The number of alkyl halides is 1. The van der Waals surface area contributed by atoms with Crippen molar-refractivity contribution in [1.29, 1.82) is 0 Å². The number of hydrogen-bond donors (Lipinski definition) is 1. The number of hydrogen-bond acceptors (Lipinski definition) is 4. The fraction of sp³-hybridized carbons (Fsp3) is 0.571. The van der Waals surface area contributed by atoms with Gasteiger partial charge in [-0.15, -0.1) is 22.9 Å². The second-order valence-corrected chi connectivity index (χ2v) is 4.81. The van der Waals surface area contributed by atoms with Crippen molar-refractivity contribution in [3.05, 3.63) is 11.1 Å². The summed E-state index contributed by atoms with van der Waals surface area (Å²) in [6, 6.07) is 0. The van der Waals surface area contributed by atoms with E-state index in [2.05, 4.69) is 4.98 Å². The van der Waals surface area contributed by atoms with Crippen LogP contribution in [0.15, 0.2) is 9.72 Å². The topological polar surface area (TPSA) is 33.1 Å². The Kier molecular flexibility index (Phi) is 4.35. The van der Waals surface area contributed by atoms with Crippen molar-refractivity contribution < 1.29 is 5.11 Å². The number of halogens is 1. The first kappa shape index (κ1) is 10.3. The smallest absolute Gasteiger partial charge is 0.150 e. The minimum Gasteiger partial charge on any atom is -0.391 e. The van der Waals surface area contributed by atoms with Crippen LogP contribution in [0.1, 0.15) is 5.69 Å². The van der Waals surface area contributed by atoms with Crippen LogP contribution in [-0.2, 0) is 0 Å². The van der Waals surface area contributed by atoms with Crippen LogP contribution in [0.3, 0.4) is 0 Å². The number of rotatable bonds is 4. The molecule has 1 atom stereocenters. The molecule has 0 aliphatic rings. The third-order valence-electron chi connectivity index (χ3n) is 1.18. The molecule has 0 aliphatic heterocycles. The van der Waals surface area contributed by atoms with Crippen molar-refractivity contribution in [2.45, 2.75) is 17.4 Å². The Bertz CT molecular complexity index is 241. The summed E-state index contributed by atoms with van der Waals surface area (Å²) in [7, 11) is 0. The minimum absolute atomic E-state index is 0.289. The van der Waals surface area contributed by atoms with E-state index in [1.165, 1.54) is 0 Å². The zero-order chi connectivity index (χ0) is 8.97. The average Bonchev–Trinajstić information content (AvgIpc) is 2.47. The lowest BCUT2D eigenvalue weighted by atomic mass is 10.5. The van der Waals surface area contributed by atoms with Crippen molar-refractivity contribution >= 4 is 34.7 Å². The van der Waals surface area contributed by atoms with E-state index in [4.69, 9.17) is 16.7 Å². The molecule has 0 bridgehead atoms. The molecular weight excluding hydrogens is 214 g/mol. The third-order valence-corrected chi connectivity index (χ3v) is 3.82. The Morgan fingerprint density at radius 3 is 3.08 bits per heavy atom. The Labute approximate surface area is 85.0 Å². The normalized spacial score (nSPS) is 13.2. The first-order chi connectivity index (χ1) is 5.72.